The van der Waals surface area contributed by atoms with Crippen molar-refractivity contribution in [1.82, 2.24) is 4.98 Å². The highest BCUT2D eigenvalue weighted by Crippen LogP contribution is 2.02. The highest BCUT2D eigenvalue weighted by atomic mass is 16.5. The number of rotatable bonds is 5. The lowest BCUT2D eigenvalue weighted by Crippen LogP contribution is -1.99. The van der Waals surface area contributed by atoms with Crippen LogP contribution in [0.5, 0.6) is 0 Å². The minimum absolute atomic E-state index is 0.681. The van der Waals surface area contributed by atoms with Gasteiger partial charge in [0.25, 0.3) is 0 Å². The average Bonchev–Trinajstić information content (AvgIpc) is 2.14. The summed E-state index contributed by atoms with van der Waals surface area (Å²) < 4.78 is 5.49. The molecule has 1 heterocycles. The Labute approximate surface area is 80.0 Å². The summed E-state index contributed by atoms with van der Waals surface area (Å²) in [5, 5.41) is 0. The fourth-order valence-electron chi connectivity index (χ4n) is 0.993. The van der Waals surface area contributed by atoms with Crippen molar-refractivity contribution >= 4 is 0 Å². The minimum Gasteiger partial charge on any atom is -0.377 e. The van der Waals surface area contributed by atoms with E-state index in [2.05, 4.69) is 18.8 Å². The van der Waals surface area contributed by atoms with Gasteiger partial charge in [-0.15, -0.1) is 0 Å². The van der Waals surface area contributed by atoms with Gasteiger partial charge in [0.15, 0.2) is 0 Å². The predicted molar refractivity (Wildman–Crippen MR) is 53.3 cm³/mol. The first-order valence-corrected chi connectivity index (χ1v) is 4.75. The van der Waals surface area contributed by atoms with Gasteiger partial charge in [0.1, 0.15) is 0 Å². The molecule has 13 heavy (non-hydrogen) atoms. The molecule has 0 unspecified atom stereocenters. The summed E-state index contributed by atoms with van der Waals surface area (Å²) in [6.07, 6.45) is 4.74. The van der Waals surface area contributed by atoms with Crippen LogP contribution in [-0.4, -0.2) is 11.6 Å². The van der Waals surface area contributed by atoms with Crippen LogP contribution in [0.1, 0.15) is 25.8 Å². The summed E-state index contributed by atoms with van der Waals surface area (Å²) in [4.78, 5) is 4.02. The molecule has 0 spiro atoms. The molecular formula is C11H17NO. The van der Waals surface area contributed by atoms with E-state index in [1.54, 1.807) is 6.20 Å². The molecule has 0 N–H and O–H groups in total. The number of ether oxygens (including phenoxy) is 1. The zero-order chi connectivity index (χ0) is 9.52. The van der Waals surface area contributed by atoms with Crippen molar-refractivity contribution in [2.75, 3.05) is 6.61 Å². The lowest BCUT2D eigenvalue weighted by atomic mass is 10.1. The zero-order valence-corrected chi connectivity index (χ0v) is 8.36. The number of aromatic nitrogens is 1. The topological polar surface area (TPSA) is 22.1 Å². The van der Waals surface area contributed by atoms with E-state index in [0.717, 1.165) is 18.6 Å². The van der Waals surface area contributed by atoms with E-state index in [4.69, 9.17) is 4.74 Å². The standard InChI is InChI=1S/C11H17NO/c1-10(2)5-7-13-9-11-4-3-6-12-8-11/h3-4,6,8,10H,5,7,9H2,1-2H3. The normalized spacial score (nSPS) is 10.7. The summed E-state index contributed by atoms with van der Waals surface area (Å²) in [5.74, 6) is 0.717. The molecule has 72 valence electrons. The highest BCUT2D eigenvalue weighted by molar-refractivity contribution is 5.06. The van der Waals surface area contributed by atoms with E-state index in [1.807, 2.05) is 18.3 Å². The van der Waals surface area contributed by atoms with Crippen LogP contribution in [0, 0.1) is 5.92 Å². The van der Waals surface area contributed by atoms with E-state index in [9.17, 15) is 0 Å². The summed E-state index contributed by atoms with van der Waals surface area (Å²) in [6, 6.07) is 3.96. The summed E-state index contributed by atoms with van der Waals surface area (Å²) in [7, 11) is 0. The summed E-state index contributed by atoms with van der Waals surface area (Å²) in [5.41, 5.74) is 1.14. The number of hydrogen-bond donors (Lipinski definition) is 0. The Balaban J connectivity index is 2.13. The van der Waals surface area contributed by atoms with Crippen LogP contribution in [0.4, 0.5) is 0 Å². The molecule has 0 bridgehead atoms. The molecule has 0 radical (unpaired) electrons. The second-order valence-electron chi connectivity index (χ2n) is 3.60. The van der Waals surface area contributed by atoms with Crippen molar-refractivity contribution in [3.63, 3.8) is 0 Å². The zero-order valence-electron chi connectivity index (χ0n) is 8.36. The van der Waals surface area contributed by atoms with Crippen molar-refractivity contribution in [1.29, 1.82) is 0 Å². The minimum atomic E-state index is 0.681. The van der Waals surface area contributed by atoms with Crippen LogP contribution in [-0.2, 0) is 11.3 Å². The number of hydrogen-bond acceptors (Lipinski definition) is 2. The van der Waals surface area contributed by atoms with Gasteiger partial charge in [-0.3, -0.25) is 4.98 Å². The van der Waals surface area contributed by atoms with Crippen LogP contribution >= 0.6 is 0 Å². The third-order valence-corrected chi connectivity index (χ3v) is 1.83. The summed E-state index contributed by atoms with van der Waals surface area (Å²) in [6.45, 7) is 5.92. The average molecular weight is 179 g/mol. The van der Waals surface area contributed by atoms with Crippen molar-refractivity contribution in [3.05, 3.63) is 30.1 Å². The maximum absolute atomic E-state index is 5.49. The third-order valence-electron chi connectivity index (χ3n) is 1.83. The van der Waals surface area contributed by atoms with Gasteiger partial charge in [-0.05, 0) is 24.0 Å². The third kappa shape index (κ3) is 4.63. The van der Waals surface area contributed by atoms with Gasteiger partial charge in [-0.25, -0.2) is 0 Å². The molecule has 0 saturated carbocycles. The fourth-order valence-corrected chi connectivity index (χ4v) is 0.993. The molecule has 0 aliphatic carbocycles. The highest BCUT2D eigenvalue weighted by Gasteiger charge is 1.95. The first-order valence-electron chi connectivity index (χ1n) is 4.75. The largest absolute Gasteiger partial charge is 0.377 e. The molecule has 1 aromatic rings. The molecule has 0 amide bonds. The lowest BCUT2D eigenvalue weighted by molar-refractivity contribution is 0.110. The first-order chi connectivity index (χ1) is 6.29. The fraction of sp³-hybridized carbons (Fsp3) is 0.545. The maximum atomic E-state index is 5.49. The Kier molecular flexibility index (Phi) is 4.47. The molecule has 0 aliphatic rings. The van der Waals surface area contributed by atoms with E-state index < -0.39 is 0 Å². The monoisotopic (exact) mass is 179 g/mol. The Bertz CT molecular complexity index is 221. The molecule has 2 heteroatoms. The molecule has 0 aromatic carbocycles. The van der Waals surface area contributed by atoms with E-state index in [1.165, 1.54) is 0 Å². The van der Waals surface area contributed by atoms with Gasteiger partial charge < -0.3 is 4.74 Å². The van der Waals surface area contributed by atoms with Crippen molar-refractivity contribution in [3.8, 4) is 0 Å². The van der Waals surface area contributed by atoms with Crippen LogP contribution in [0.25, 0.3) is 0 Å². The first kappa shape index (κ1) is 10.2. The van der Waals surface area contributed by atoms with Crippen LogP contribution in [0.2, 0.25) is 0 Å². The van der Waals surface area contributed by atoms with Gasteiger partial charge >= 0.3 is 0 Å². The Morgan fingerprint density at radius 1 is 1.46 bits per heavy atom. The molecule has 0 fully saturated rings. The Hall–Kier alpha value is -0.890. The van der Waals surface area contributed by atoms with Crippen LogP contribution in [0.3, 0.4) is 0 Å². The van der Waals surface area contributed by atoms with Gasteiger partial charge in [-0.1, -0.05) is 19.9 Å². The molecule has 0 saturated heterocycles. The molecular weight excluding hydrogens is 162 g/mol. The van der Waals surface area contributed by atoms with E-state index in [0.29, 0.717) is 12.5 Å². The Morgan fingerprint density at radius 3 is 2.92 bits per heavy atom. The lowest BCUT2D eigenvalue weighted by Gasteiger charge is -2.05. The number of pyridine rings is 1. The van der Waals surface area contributed by atoms with Crippen molar-refractivity contribution < 1.29 is 4.74 Å². The molecule has 1 rings (SSSR count). The summed E-state index contributed by atoms with van der Waals surface area (Å²) >= 11 is 0. The molecule has 2 nitrogen and oxygen atoms in total. The van der Waals surface area contributed by atoms with Gasteiger partial charge in [-0.2, -0.15) is 0 Å². The maximum Gasteiger partial charge on any atom is 0.0731 e. The second kappa shape index (κ2) is 5.70. The molecule has 0 atom stereocenters. The second-order valence-corrected chi connectivity index (χ2v) is 3.60. The van der Waals surface area contributed by atoms with E-state index in [-0.39, 0.29) is 0 Å². The van der Waals surface area contributed by atoms with Crippen molar-refractivity contribution in [2.45, 2.75) is 26.9 Å². The van der Waals surface area contributed by atoms with Crippen LogP contribution in [0.15, 0.2) is 24.5 Å². The molecule has 0 aliphatic heterocycles. The van der Waals surface area contributed by atoms with Gasteiger partial charge in [0, 0.05) is 19.0 Å². The Morgan fingerprint density at radius 2 is 2.31 bits per heavy atom. The number of nitrogens with zero attached hydrogens (tertiary/aromatic N) is 1. The SMILES string of the molecule is CC(C)CCOCc1cccnc1. The van der Waals surface area contributed by atoms with Gasteiger partial charge in [0.2, 0.25) is 0 Å². The molecule has 1 aromatic heterocycles. The van der Waals surface area contributed by atoms with Crippen LogP contribution < -0.4 is 0 Å². The van der Waals surface area contributed by atoms with Gasteiger partial charge in [0.05, 0.1) is 6.61 Å². The predicted octanol–water partition coefficient (Wildman–Crippen LogP) is 2.64. The van der Waals surface area contributed by atoms with E-state index >= 15 is 0 Å². The van der Waals surface area contributed by atoms with Crippen molar-refractivity contribution in [2.24, 2.45) is 5.92 Å². The quantitative estimate of drug-likeness (QED) is 0.648. The smallest absolute Gasteiger partial charge is 0.0731 e.